The van der Waals surface area contributed by atoms with Crippen LogP contribution in [0.3, 0.4) is 0 Å². The Labute approximate surface area is 133 Å². The van der Waals surface area contributed by atoms with E-state index in [0.717, 1.165) is 6.42 Å². The van der Waals surface area contributed by atoms with E-state index in [1.807, 2.05) is 31.2 Å². The SMILES string of the molecule is CCN(CCO)C(=O)CCC(=O)c1ccc(CC(C)C)cc1. The lowest BCUT2D eigenvalue weighted by Gasteiger charge is -2.19. The lowest BCUT2D eigenvalue weighted by molar-refractivity contribution is -0.131. The van der Waals surface area contributed by atoms with E-state index in [9.17, 15) is 9.59 Å². The lowest BCUT2D eigenvalue weighted by atomic mass is 9.99. The van der Waals surface area contributed by atoms with E-state index in [2.05, 4.69) is 13.8 Å². The molecular weight excluding hydrogens is 278 g/mol. The smallest absolute Gasteiger partial charge is 0.223 e. The van der Waals surface area contributed by atoms with Gasteiger partial charge in [-0.05, 0) is 24.8 Å². The molecule has 0 bridgehead atoms. The summed E-state index contributed by atoms with van der Waals surface area (Å²) in [4.78, 5) is 25.6. The molecule has 0 aliphatic heterocycles. The zero-order valence-electron chi connectivity index (χ0n) is 13.8. The van der Waals surface area contributed by atoms with E-state index in [0.29, 0.717) is 24.6 Å². The molecule has 4 nitrogen and oxygen atoms in total. The predicted molar refractivity (Wildman–Crippen MR) is 87.9 cm³/mol. The van der Waals surface area contributed by atoms with E-state index in [-0.39, 0.29) is 31.1 Å². The zero-order chi connectivity index (χ0) is 16.5. The number of aliphatic hydroxyl groups excluding tert-OH is 1. The minimum atomic E-state index is -0.0821. The second kappa shape index (κ2) is 9.36. The maximum atomic E-state index is 12.1. The molecule has 0 aliphatic rings. The van der Waals surface area contributed by atoms with Crippen LogP contribution in [0.25, 0.3) is 0 Å². The van der Waals surface area contributed by atoms with Gasteiger partial charge in [-0.15, -0.1) is 0 Å². The minimum absolute atomic E-state index is 0.00972. The van der Waals surface area contributed by atoms with Gasteiger partial charge in [-0.1, -0.05) is 38.1 Å². The summed E-state index contributed by atoms with van der Waals surface area (Å²) in [5, 5.41) is 8.90. The fraction of sp³-hybridized carbons (Fsp3) is 0.556. The summed E-state index contributed by atoms with van der Waals surface area (Å²) in [6.07, 6.45) is 1.41. The van der Waals surface area contributed by atoms with Gasteiger partial charge in [0.05, 0.1) is 6.61 Å². The van der Waals surface area contributed by atoms with Crippen molar-refractivity contribution >= 4 is 11.7 Å². The monoisotopic (exact) mass is 305 g/mol. The van der Waals surface area contributed by atoms with Crippen molar-refractivity contribution in [2.45, 2.75) is 40.0 Å². The highest BCUT2D eigenvalue weighted by molar-refractivity contribution is 5.97. The minimum Gasteiger partial charge on any atom is -0.395 e. The van der Waals surface area contributed by atoms with Crippen molar-refractivity contribution in [2.24, 2.45) is 5.92 Å². The number of benzene rings is 1. The van der Waals surface area contributed by atoms with Crippen LogP contribution >= 0.6 is 0 Å². The topological polar surface area (TPSA) is 57.6 Å². The molecule has 0 aliphatic carbocycles. The molecule has 4 heteroatoms. The molecule has 0 fully saturated rings. The van der Waals surface area contributed by atoms with Crippen molar-refractivity contribution in [1.82, 2.24) is 4.90 Å². The molecule has 0 aromatic heterocycles. The molecule has 1 aromatic rings. The standard InChI is InChI=1S/C18H27NO3/c1-4-19(11-12-20)18(22)10-9-17(21)16-7-5-15(6-8-16)13-14(2)3/h5-8,14,20H,4,9-13H2,1-3H3. The Morgan fingerprint density at radius 1 is 1.14 bits per heavy atom. The van der Waals surface area contributed by atoms with Crippen LogP contribution in [-0.2, 0) is 11.2 Å². The van der Waals surface area contributed by atoms with Gasteiger partial charge in [-0.25, -0.2) is 0 Å². The Balaban J connectivity index is 2.53. The Kier molecular flexibility index (Phi) is 7.82. The van der Waals surface area contributed by atoms with E-state index in [1.54, 1.807) is 4.90 Å². The number of amides is 1. The summed E-state index contributed by atoms with van der Waals surface area (Å²) in [6, 6.07) is 7.66. The van der Waals surface area contributed by atoms with Crippen LogP contribution < -0.4 is 0 Å². The number of rotatable bonds is 9. The number of likely N-dealkylation sites (N-methyl/N-ethyl adjacent to an activating group) is 1. The number of hydrogen-bond donors (Lipinski definition) is 1. The highest BCUT2D eigenvalue weighted by Gasteiger charge is 2.14. The first-order chi connectivity index (χ1) is 10.5. The molecular formula is C18H27NO3. The number of ketones is 1. The van der Waals surface area contributed by atoms with Gasteiger partial charge in [0.15, 0.2) is 5.78 Å². The van der Waals surface area contributed by atoms with Gasteiger partial charge in [0.25, 0.3) is 0 Å². The molecule has 0 atom stereocenters. The van der Waals surface area contributed by atoms with Gasteiger partial charge < -0.3 is 10.0 Å². The summed E-state index contributed by atoms with van der Waals surface area (Å²) in [5.41, 5.74) is 1.88. The van der Waals surface area contributed by atoms with E-state index in [4.69, 9.17) is 5.11 Å². The third-order valence-corrected chi connectivity index (χ3v) is 3.59. The van der Waals surface area contributed by atoms with Crippen LogP contribution in [0.5, 0.6) is 0 Å². The molecule has 122 valence electrons. The second-order valence-corrected chi connectivity index (χ2v) is 5.92. The maximum absolute atomic E-state index is 12.1. The van der Waals surface area contributed by atoms with Gasteiger partial charge in [0.1, 0.15) is 0 Å². The molecule has 22 heavy (non-hydrogen) atoms. The Bertz CT molecular complexity index is 480. The van der Waals surface area contributed by atoms with Gasteiger partial charge in [0.2, 0.25) is 5.91 Å². The Morgan fingerprint density at radius 3 is 2.27 bits per heavy atom. The molecule has 0 saturated carbocycles. The molecule has 0 saturated heterocycles. The Hall–Kier alpha value is -1.68. The summed E-state index contributed by atoms with van der Waals surface area (Å²) in [6.45, 7) is 7.02. The number of aliphatic hydroxyl groups is 1. The fourth-order valence-electron chi connectivity index (χ4n) is 2.40. The normalized spacial score (nSPS) is 10.8. The van der Waals surface area contributed by atoms with E-state index < -0.39 is 0 Å². The fourth-order valence-corrected chi connectivity index (χ4v) is 2.40. The summed E-state index contributed by atoms with van der Waals surface area (Å²) >= 11 is 0. The molecule has 0 unspecified atom stereocenters. The van der Waals surface area contributed by atoms with Crippen molar-refractivity contribution in [3.05, 3.63) is 35.4 Å². The van der Waals surface area contributed by atoms with Crippen molar-refractivity contribution in [2.75, 3.05) is 19.7 Å². The average Bonchev–Trinajstić information content (AvgIpc) is 2.50. The first-order valence-electron chi connectivity index (χ1n) is 7.98. The number of Topliss-reactive ketones (excluding diaryl/α,β-unsaturated/α-hetero) is 1. The van der Waals surface area contributed by atoms with Crippen molar-refractivity contribution < 1.29 is 14.7 Å². The van der Waals surface area contributed by atoms with E-state index in [1.165, 1.54) is 5.56 Å². The number of carbonyl (C=O) groups is 2. The molecule has 0 spiro atoms. The Morgan fingerprint density at radius 2 is 1.77 bits per heavy atom. The second-order valence-electron chi connectivity index (χ2n) is 5.92. The maximum Gasteiger partial charge on any atom is 0.223 e. The highest BCUT2D eigenvalue weighted by Crippen LogP contribution is 2.12. The van der Waals surface area contributed by atoms with Gasteiger partial charge in [-0.2, -0.15) is 0 Å². The largest absolute Gasteiger partial charge is 0.395 e. The highest BCUT2D eigenvalue weighted by atomic mass is 16.3. The van der Waals surface area contributed by atoms with E-state index >= 15 is 0 Å². The zero-order valence-corrected chi connectivity index (χ0v) is 13.8. The predicted octanol–water partition coefficient (Wildman–Crippen LogP) is 2.69. The van der Waals surface area contributed by atoms with Crippen molar-refractivity contribution in [1.29, 1.82) is 0 Å². The number of nitrogens with zero attached hydrogens (tertiary/aromatic N) is 1. The first kappa shape index (κ1) is 18.4. The molecule has 1 rings (SSSR count). The first-order valence-corrected chi connectivity index (χ1v) is 7.98. The molecule has 1 aromatic carbocycles. The van der Waals surface area contributed by atoms with Gasteiger partial charge in [0, 0.05) is 31.5 Å². The molecule has 1 N–H and O–H groups in total. The summed E-state index contributed by atoms with van der Waals surface area (Å²) < 4.78 is 0. The molecule has 1 amide bonds. The molecule has 0 heterocycles. The number of hydrogen-bond acceptors (Lipinski definition) is 3. The third-order valence-electron chi connectivity index (χ3n) is 3.59. The third kappa shape index (κ3) is 5.98. The lowest BCUT2D eigenvalue weighted by Crippen LogP contribution is -2.33. The number of carbonyl (C=O) groups excluding carboxylic acids is 2. The van der Waals surface area contributed by atoms with Crippen LogP contribution in [0.1, 0.15) is 49.5 Å². The molecule has 0 radical (unpaired) electrons. The van der Waals surface area contributed by atoms with Crippen LogP contribution in [0.2, 0.25) is 0 Å². The van der Waals surface area contributed by atoms with Crippen LogP contribution in [0.15, 0.2) is 24.3 Å². The summed E-state index contributed by atoms with van der Waals surface area (Å²) in [7, 11) is 0. The van der Waals surface area contributed by atoms with Crippen molar-refractivity contribution in [3.63, 3.8) is 0 Å². The summed E-state index contributed by atoms with van der Waals surface area (Å²) in [5.74, 6) is 0.497. The van der Waals surface area contributed by atoms with Crippen molar-refractivity contribution in [3.8, 4) is 0 Å². The van der Waals surface area contributed by atoms with Crippen LogP contribution in [-0.4, -0.2) is 41.4 Å². The quantitative estimate of drug-likeness (QED) is 0.714. The average molecular weight is 305 g/mol. The van der Waals surface area contributed by atoms with Gasteiger partial charge >= 0.3 is 0 Å². The van der Waals surface area contributed by atoms with Crippen LogP contribution in [0.4, 0.5) is 0 Å². The van der Waals surface area contributed by atoms with Gasteiger partial charge in [-0.3, -0.25) is 9.59 Å². The van der Waals surface area contributed by atoms with Crippen LogP contribution in [0, 0.1) is 5.92 Å².